The van der Waals surface area contributed by atoms with Crippen molar-refractivity contribution < 1.29 is 9.59 Å². The number of benzene rings is 1. The number of amides is 2. The van der Waals surface area contributed by atoms with Crippen LogP contribution in [0.3, 0.4) is 0 Å². The molecule has 1 aliphatic rings. The van der Waals surface area contributed by atoms with E-state index in [-0.39, 0.29) is 17.7 Å². The van der Waals surface area contributed by atoms with Crippen LogP contribution in [0.2, 0.25) is 0 Å². The van der Waals surface area contributed by atoms with E-state index in [1.165, 1.54) is 16.2 Å². The van der Waals surface area contributed by atoms with Gasteiger partial charge in [0.1, 0.15) is 11.0 Å². The van der Waals surface area contributed by atoms with Crippen molar-refractivity contribution in [1.82, 2.24) is 15.1 Å². The Bertz CT molecular complexity index is 759. The molecule has 0 N–H and O–H groups in total. The molecule has 2 amide bonds. The number of rotatable bonds is 4. The summed E-state index contributed by atoms with van der Waals surface area (Å²) in [5.41, 5.74) is 0.871. The van der Waals surface area contributed by atoms with E-state index >= 15 is 0 Å². The van der Waals surface area contributed by atoms with Gasteiger partial charge in [0.25, 0.3) is 5.91 Å². The van der Waals surface area contributed by atoms with Crippen molar-refractivity contribution >= 4 is 28.8 Å². The number of anilines is 1. The summed E-state index contributed by atoms with van der Waals surface area (Å²) in [6.07, 6.45) is 1.52. The van der Waals surface area contributed by atoms with Gasteiger partial charge in [-0.25, -0.2) is 0 Å². The number of aromatic nitrogens is 2. The zero-order chi connectivity index (χ0) is 18.0. The molecule has 6 nitrogen and oxygen atoms in total. The molecule has 0 saturated carbocycles. The number of hydrogen-bond acceptors (Lipinski definition) is 5. The van der Waals surface area contributed by atoms with E-state index in [2.05, 4.69) is 10.2 Å². The van der Waals surface area contributed by atoms with Gasteiger partial charge in [-0.05, 0) is 25.0 Å². The minimum atomic E-state index is -0.465. The Morgan fingerprint density at radius 1 is 1.28 bits per heavy atom. The Balaban J connectivity index is 1.77. The second kappa shape index (κ2) is 7.31. The van der Waals surface area contributed by atoms with E-state index in [1.807, 2.05) is 44.2 Å². The number of nitrogens with zero attached hydrogens (tertiary/aromatic N) is 4. The third-order valence-electron chi connectivity index (χ3n) is 4.38. The highest BCUT2D eigenvalue weighted by Crippen LogP contribution is 2.25. The fourth-order valence-electron chi connectivity index (χ4n) is 2.93. The van der Waals surface area contributed by atoms with Crippen LogP contribution in [0, 0.1) is 0 Å². The van der Waals surface area contributed by atoms with E-state index in [1.54, 1.807) is 11.9 Å². The Hall–Kier alpha value is -2.28. The Kier molecular flexibility index (Phi) is 5.13. The first-order chi connectivity index (χ1) is 12.0. The summed E-state index contributed by atoms with van der Waals surface area (Å²) in [6, 6.07) is 9.12. The molecule has 0 radical (unpaired) electrons. The van der Waals surface area contributed by atoms with Crippen LogP contribution in [0.1, 0.15) is 47.4 Å². The highest BCUT2D eigenvalue weighted by Gasteiger charge is 2.35. The molecule has 0 aliphatic carbocycles. The number of piperidine rings is 1. The standard InChI is InChI=1S/C18H22N4O2S/c1-12(2)15-19-20-16(25-15)18(24)21(3)14-10-7-11-22(17(14)23)13-8-5-4-6-9-13/h4-6,8-9,12,14H,7,10-11H2,1-3H3. The molecule has 3 rings (SSSR count). The third kappa shape index (κ3) is 3.56. The van der Waals surface area contributed by atoms with Crippen molar-refractivity contribution in [3.63, 3.8) is 0 Å². The topological polar surface area (TPSA) is 66.4 Å². The SMILES string of the molecule is CC(C)c1nnc(C(=O)N(C)C2CCCN(c3ccccc3)C2=O)s1. The number of carbonyl (C=O) groups excluding carboxylic acids is 2. The minimum absolute atomic E-state index is 0.0399. The summed E-state index contributed by atoms with van der Waals surface area (Å²) >= 11 is 1.30. The maximum absolute atomic E-state index is 12.9. The van der Waals surface area contributed by atoms with Crippen LogP contribution < -0.4 is 4.90 Å². The van der Waals surface area contributed by atoms with Gasteiger partial charge >= 0.3 is 0 Å². The fraction of sp³-hybridized carbons (Fsp3) is 0.444. The molecule has 0 bridgehead atoms. The highest BCUT2D eigenvalue weighted by molar-refractivity contribution is 7.13. The van der Waals surface area contributed by atoms with E-state index in [4.69, 9.17) is 0 Å². The molecule has 7 heteroatoms. The molecule has 1 aromatic carbocycles. The van der Waals surface area contributed by atoms with E-state index in [9.17, 15) is 9.59 Å². The molecular weight excluding hydrogens is 336 g/mol. The number of hydrogen-bond donors (Lipinski definition) is 0. The van der Waals surface area contributed by atoms with E-state index in [0.717, 1.165) is 17.1 Å². The van der Waals surface area contributed by atoms with Crippen LogP contribution in [0.15, 0.2) is 30.3 Å². The van der Waals surface area contributed by atoms with Crippen LogP contribution in [0.25, 0.3) is 0 Å². The summed E-state index contributed by atoms with van der Waals surface area (Å²) in [7, 11) is 1.68. The molecule has 1 aromatic heterocycles. The first kappa shape index (κ1) is 17.5. The third-order valence-corrected chi connectivity index (χ3v) is 5.60. The molecule has 132 valence electrons. The van der Waals surface area contributed by atoms with Crippen LogP contribution in [-0.4, -0.2) is 46.5 Å². The predicted octanol–water partition coefficient (Wildman–Crippen LogP) is 2.93. The van der Waals surface area contributed by atoms with Gasteiger partial charge in [0.2, 0.25) is 10.9 Å². The molecule has 1 aliphatic heterocycles. The molecule has 0 spiro atoms. The van der Waals surface area contributed by atoms with Crippen LogP contribution >= 0.6 is 11.3 Å². The lowest BCUT2D eigenvalue weighted by molar-refractivity contribution is -0.124. The maximum atomic E-state index is 12.9. The molecular formula is C18H22N4O2S. The highest BCUT2D eigenvalue weighted by atomic mass is 32.1. The number of para-hydroxylation sites is 1. The Morgan fingerprint density at radius 3 is 2.64 bits per heavy atom. The molecule has 1 atom stereocenters. The van der Waals surface area contributed by atoms with Gasteiger partial charge in [-0.15, -0.1) is 10.2 Å². The first-order valence-electron chi connectivity index (χ1n) is 8.46. The molecule has 2 heterocycles. The summed E-state index contributed by atoms with van der Waals surface area (Å²) in [6.45, 7) is 4.71. The quantitative estimate of drug-likeness (QED) is 0.843. The summed E-state index contributed by atoms with van der Waals surface area (Å²) in [4.78, 5) is 28.9. The fourth-order valence-corrected chi connectivity index (χ4v) is 3.76. The lowest BCUT2D eigenvalue weighted by Crippen LogP contribution is -2.53. The van der Waals surface area contributed by atoms with Crippen molar-refractivity contribution in [2.24, 2.45) is 0 Å². The molecule has 1 fully saturated rings. The average Bonchev–Trinajstić information content (AvgIpc) is 3.12. The monoisotopic (exact) mass is 358 g/mol. The van der Waals surface area contributed by atoms with Crippen molar-refractivity contribution in [1.29, 1.82) is 0 Å². The largest absolute Gasteiger partial charge is 0.328 e. The zero-order valence-corrected chi connectivity index (χ0v) is 15.5. The number of likely N-dealkylation sites (N-methyl/N-ethyl adjacent to an activating group) is 1. The van der Waals surface area contributed by atoms with Gasteiger partial charge in [-0.1, -0.05) is 43.4 Å². The van der Waals surface area contributed by atoms with Crippen molar-refractivity contribution in [2.45, 2.75) is 38.6 Å². The van der Waals surface area contributed by atoms with Crippen molar-refractivity contribution in [3.8, 4) is 0 Å². The maximum Gasteiger partial charge on any atom is 0.285 e. The second-order valence-corrected chi connectivity index (χ2v) is 7.51. The van der Waals surface area contributed by atoms with Gasteiger partial charge in [0, 0.05) is 25.2 Å². The molecule has 1 saturated heterocycles. The Morgan fingerprint density at radius 2 is 2.00 bits per heavy atom. The van der Waals surface area contributed by atoms with E-state index in [0.29, 0.717) is 18.0 Å². The summed E-state index contributed by atoms with van der Waals surface area (Å²) < 4.78 is 0. The first-order valence-corrected chi connectivity index (χ1v) is 9.27. The van der Waals surface area contributed by atoms with E-state index < -0.39 is 6.04 Å². The molecule has 1 unspecified atom stereocenters. The summed E-state index contributed by atoms with van der Waals surface area (Å²) in [5, 5.41) is 9.25. The van der Waals surface area contributed by atoms with Gasteiger partial charge in [-0.2, -0.15) is 0 Å². The molecule has 2 aromatic rings. The van der Waals surface area contributed by atoms with Crippen LogP contribution in [0.4, 0.5) is 5.69 Å². The summed E-state index contributed by atoms with van der Waals surface area (Å²) in [5.74, 6) is -0.0474. The van der Waals surface area contributed by atoms with Crippen molar-refractivity contribution in [3.05, 3.63) is 40.3 Å². The van der Waals surface area contributed by atoms with Crippen molar-refractivity contribution in [2.75, 3.05) is 18.5 Å². The second-order valence-electron chi connectivity index (χ2n) is 6.50. The zero-order valence-electron chi connectivity index (χ0n) is 14.7. The van der Waals surface area contributed by atoms with Gasteiger partial charge in [0.05, 0.1) is 0 Å². The normalized spacial score (nSPS) is 17.8. The van der Waals surface area contributed by atoms with Gasteiger partial charge in [-0.3, -0.25) is 9.59 Å². The average molecular weight is 358 g/mol. The van der Waals surface area contributed by atoms with Gasteiger partial charge < -0.3 is 9.80 Å². The number of carbonyl (C=O) groups is 2. The lowest BCUT2D eigenvalue weighted by Gasteiger charge is -2.36. The Labute approximate surface area is 151 Å². The minimum Gasteiger partial charge on any atom is -0.328 e. The van der Waals surface area contributed by atoms with Crippen LogP contribution in [-0.2, 0) is 4.79 Å². The molecule has 25 heavy (non-hydrogen) atoms. The van der Waals surface area contributed by atoms with Gasteiger partial charge in [0.15, 0.2) is 0 Å². The van der Waals surface area contributed by atoms with Crippen LogP contribution in [0.5, 0.6) is 0 Å². The lowest BCUT2D eigenvalue weighted by atomic mass is 10.0. The predicted molar refractivity (Wildman–Crippen MR) is 97.9 cm³/mol. The smallest absolute Gasteiger partial charge is 0.285 e.